The Bertz CT molecular complexity index is 231. The Morgan fingerprint density at radius 1 is 1.53 bits per heavy atom. The number of aliphatic hydroxyl groups excluding tert-OH is 1. The number of hydrogen-bond donors (Lipinski definition) is 2. The zero-order chi connectivity index (χ0) is 12.7. The lowest BCUT2D eigenvalue weighted by Crippen LogP contribution is -2.41. The molecular weight excluding hydrogens is 222 g/mol. The van der Waals surface area contributed by atoms with Crippen LogP contribution in [-0.4, -0.2) is 49.6 Å². The van der Waals surface area contributed by atoms with Crippen molar-refractivity contribution >= 4 is 5.97 Å². The van der Waals surface area contributed by atoms with Gasteiger partial charge in [0.15, 0.2) is 0 Å². The number of hydrogen-bond acceptors (Lipinski definition) is 5. The van der Waals surface area contributed by atoms with E-state index in [2.05, 4.69) is 5.32 Å². The van der Waals surface area contributed by atoms with Gasteiger partial charge in [-0.25, -0.2) is 0 Å². The monoisotopic (exact) mass is 245 g/mol. The van der Waals surface area contributed by atoms with E-state index in [1.165, 1.54) is 12.8 Å². The van der Waals surface area contributed by atoms with Crippen LogP contribution in [0, 0.1) is 5.92 Å². The topological polar surface area (TPSA) is 67.8 Å². The predicted molar refractivity (Wildman–Crippen MR) is 63.6 cm³/mol. The molecule has 1 rings (SSSR count). The number of nitrogens with one attached hydrogen (secondary N) is 1. The van der Waals surface area contributed by atoms with Gasteiger partial charge in [0.1, 0.15) is 6.04 Å². The van der Waals surface area contributed by atoms with Gasteiger partial charge in [-0.2, -0.15) is 0 Å². The lowest BCUT2D eigenvalue weighted by Gasteiger charge is -2.16. The Morgan fingerprint density at radius 3 is 2.82 bits per heavy atom. The molecule has 1 aliphatic carbocycles. The van der Waals surface area contributed by atoms with Crippen molar-refractivity contribution in [1.29, 1.82) is 0 Å². The number of esters is 1. The fourth-order valence-corrected chi connectivity index (χ4v) is 1.38. The first-order valence-corrected chi connectivity index (χ1v) is 6.29. The van der Waals surface area contributed by atoms with Gasteiger partial charge in [0.25, 0.3) is 0 Å². The van der Waals surface area contributed by atoms with Gasteiger partial charge in [-0.1, -0.05) is 0 Å². The molecule has 0 saturated heterocycles. The van der Waals surface area contributed by atoms with Crippen molar-refractivity contribution < 1.29 is 19.4 Å². The number of carbonyl (C=O) groups excluding carboxylic acids is 1. The van der Waals surface area contributed by atoms with Crippen molar-refractivity contribution in [3.63, 3.8) is 0 Å². The third-order valence-electron chi connectivity index (χ3n) is 2.66. The van der Waals surface area contributed by atoms with Gasteiger partial charge in [0, 0.05) is 13.2 Å². The van der Waals surface area contributed by atoms with Crippen LogP contribution in [0.1, 0.15) is 26.7 Å². The molecule has 0 aromatic heterocycles. The normalized spacial score (nSPS) is 18.8. The zero-order valence-corrected chi connectivity index (χ0v) is 10.6. The fraction of sp³-hybridized carbons (Fsp3) is 0.917. The van der Waals surface area contributed by atoms with Crippen molar-refractivity contribution in [2.45, 2.75) is 38.8 Å². The second kappa shape index (κ2) is 7.63. The molecule has 5 nitrogen and oxygen atoms in total. The van der Waals surface area contributed by atoms with E-state index in [4.69, 9.17) is 9.47 Å². The number of rotatable bonds is 9. The van der Waals surface area contributed by atoms with Crippen LogP contribution in [0.5, 0.6) is 0 Å². The summed E-state index contributed by atoms with van der Waals surface area (Å²) in [6.45, 7) is 5.26. The van der Waals surface area contributed by atoms with Gasteiger partial charge in [0.2, 0.25) is 0 Å². The van der Waals surface area contributed by atoms with Crippen molar-refractivity contribution in [1.82, 2.24) is 5.32 Å². The van der Waals surface area contributed by atoms with Crippen LogP contribution in [0.25, 0.3) is 0 Å². The molecule has 0 radical (unpaired) electrons. The van der Waals surface area contributed by atoms with Gasteiger partial charge in [-0.15, -0.1) is 0 Å². The van der Waals surface area contributed by atoms with Crippen LogP contribution in [0.3, 0.4) is 0 Å². The summed E-state index contributed by atoms with van der Waals surface area (Å²) >= 11 is 0. The second-order valence-corrected chi connectivity index (χ2v) is 4.52. The first-order chi connectivity index (χ1) is 8.13. The van der Waals surface area contributed by atoms with Crippen molar-refractivity contribution in [3.8, 4) is 0 Å². The van der Waals surface area contributed by atoms with Crippen LogP contribution in [0.4, 0.5) is 0 Å². The summed E-state index contributed by atoms with van der Waals surface area (Å²) in [5.41, 5.74) is 0. The number of ether oxygens (including phenoxy) is 2. The summed E-state index contributed by atoms with van der Waals surface area (Å²) in [6.07, 6.45) is 1.91. The van der Waals surface area contributed by atoms with Crippen LogP contribution in [0.2, 0.25) is 0 Å². The highest BCUT2D eigenvalue weighted by atomic mass is 16.5. The largest absolute Gasteiger partial charge is 0.465 e. The molecular formula is C12H23NO4. The third-order valence-corrected chi connectivity index (χ3v) is 2.66. The van der Waals surface area contributed by atoms with Crippen molar-refractivity contribution in [2.75, 3.05) is 26.4 Å². The molecule has 1 saturated carbocycles. The Morgan fingerprint density at radius 2 is 2.24 bits per heavy atom. The van der Waals surface area contributed by atoms with E-state index >= 15 is 0 Å². The van der Waals surface area contributed by atoms with E-state index in [0.717, 1.165) is 6.61 Å². The summed E-state index contributed by atoms with van der Waals surface area (Å²) in [5, 5.41) is 12.5. The van der Waals surface area contributed by atoms with Crippen molar-refractivity contribution in [3.05, 3.63) is 0 Å². The highest BCUT2D eigenvalue weighted by molar-refractivity contribution is 5.75. The quantitative estimate of drug-likeness (QED) is 0.572. The van der Waals surface area contributed by atoms with Gasteiger partial charge in [0.05, 0.1) is 19.3 Å². The van der Waals surface area contributed by atoms with Crippen LogP contribution < -0.4 is 5.32 Å². The van der Waals surface area contributed by atoms with E-state index in [1.807, 2.05) is 0 Å². The molecule has 100 valence electrons. The second-order valence-electron chi connectivity index (χ2n) is 4.52. The molecule has 5 heteroatoms. The standard InChI is InChI=1S/C12H23NO4/c1-3-17-12(15)9(2)13-6-11(14)8-16-7-10-4-5-10/h9-11,13-14H,3-8H2,1-2H3. The van der Waals surface area contributed by atoms with Gasteiger partial charge in [-0.05, 0) is 32.6 Å². The maximum atomic E-state index is 11.3. The molecule has 0 bridgehead atoms. The molecule has 1 fully saturated rings. The molecule has 1 aliphatic rings. The molecule has 2 N–H and O–H groups in total. The van der Waals surface area contributed by atoms with Crippen LogP contribution in [-0.2, 0) is 14.3 Å². The first kappa shape index (κ1) is 14.4. The molecule has 0 spiro atoms. The minimum Gasteiger partial charge on any atom is -0.465 e. The number of carbonyl (C=O) groups is 1. The van der Waals surface area contributed by atoms with Gasteiger partial charge < -0.3 is 19.9 Å². The van der Waals surface area contributed by atoms with Crippen molar-refractivity contribution in [2.24, 2.45) is 5.92 Å². The van der Waals surface area contributed by atoms with Gasteiger partial charge in [-0.3, -0.25) is 4.79 Å². The molecule has 2 unspecified atom stereocenters. The summed E-state index contributed by atoms with van der Waals surface area (Å²) < 4.78 is 10.2. The lowest BCUT2D eigenvalue weighted by atomic mass is 10.3. The van der Waals surface area contributed by atoms with E-state index in [-0.39, 0.29) is 5.97 Å². The third kappa shape index (κ3) is 6.61. The number of aliphatic hydroxyl groups is 1. The average Bonchev–Trinajstić information content (AvgIpc) is 3.10. The maximum absolute atomic E-state index is 11.3. The highest BCUT2D eigenvalue weighted by Gasteiger charge is 2.21. The Balaban J connectivity index is 2.00. The lowest BCUT2D eigenvalue weighted by molar-refractivity contribution is -0.145. The minimum absolute atomic E-state index is 0.293. The van der Waals surface area contributed by atoms with E-state index in [1.54, 1.807) is 13.8 Å². The molecule has 2 atom stereocenters. The predicted octanol–water partition coefficient (Wildman–Crippen LogP) is 0.315. The molecule has 0 aliphatic heterocycles. The maximum Gasteiger partial charge on any atom is 0.322 e. The summed E-state index contributed by atoms with van der Waals surface area (Å²) in [6, 6.07) is -0.395. The molecule has 0 aromatic rings. The van der Waals surface area contributed by atoms with Crippen LogP contribution >= 0.6 is 0 Å². The SMILES string of the molecule is CCOC(=O)C(C)NCC(O)COCC1CC1. The smallest absolute Gasteiger partial charge is 0.322 e. The Labute approximate surface area is 102 Å². The summed E-state index contributed by atoms with van der Waals surface area (Å²) in [4.78, 5) is 11.3. The fourth-order valence-electron chi connectivity index (χ4n) is 1.38. The van der Waals surface area contributed by atoms with Crippen LogP contribution in [0.15, 0.2) is 0 Å². The van der Waals surface area contributed by atoms with E-state index < -0.39 is 12.1 Å². The molecule has 0 aromatic carbocycles. The summed E-state index contributed by atoms with van der Waals surface area (Å²) in [5.74, 6) is 0.409. The molecule has 0 heterocycles. The van der Waals surface area contributed by atoms with E-state index in [9.17, 15) is 9.90 Å². The highest BCUT2D eigenvalue weighted by Crippen LogP contribution is 2.28. The average molecular weight is 245 g/mol. The Kier molecular flexibility index (Phi) is 6.47. The summed E-state index contributed by atoms with van der Waals surface area (Å²) in [7, 11) is 0. The van der Waals surface area contributed by atoms with E-state index in [0.29, 0.717) is 25.7 Å². The molecule has 0 amide bonds. The van der Waals surface area contributed by atoms with Gasteiger partial charge >= 0.3 is 5.97 Å². The first-order valence-electron chi connectivity index (χ1n) is 6.29. The zero-order valence-electron chi connectivity index (χ0n) is 10.6. The minimum atomic E-state index is -0.578. The Hall–Kier alpha value is -0.650. The molecule has 17 heavy (non-hydrogen) atoms.